The van der Waals surface area contributed by atoms with Crippen molar-refractivity contribution in [1.82, 2.24) is 0 Å². The first-order valence-corrected chi connectivity index (χ1v) is 5.81. The predicted octanol–water partition coefficient (Wildman–Crippen LogP) is 2.93. The van der Waals surface area contributed by atoms with Crippen LogP contribution in [0.2, 0.25) is 5.02 Å². The van der Waals surface area contributed by atoms with Gasteiger partial charge in [-0.25, -0.2) is 8.78 Å². The Balaban J connectivity index is 2.96. The van der Waals surface area contributed by atoms with E-state index in [9.17, 15) is 8.78 Å². The van der Waals surface area contributed by atoms with Crippen LogP contribution in [-0.2, 0) is 6.42 Å². The number of anilines is 1. The van der Waals surface area contributed by atoms with Crippen molar-refractivity contribution in [2.24, 2.45) is 5.73 Å². The summed E-state index contributed by atoms with van der Waals surface area (Å²) in [5.74, 6) is 0. The summed E-state index contributed by atoms with van der Waals surface area (Å²) in [4.78, 5) is 1.53. The van der Waals surface area contributed by atoms with Gasteiger partial charge >= 0.3 is 0 Å². The van der Waals surface area contributed by atoms with Crippen molar-refractivity contribution in [2.75, 3.05) is 18.5 Å². The van der Waals surface area contributed by atoms with E-state index in [1.807, 2.05) is 6.92 Å². The molecule has 0 fully saturated rings. The van der Waals surface area contributed by atoms with E-state index >= 15 is 0 Å². The van der Waals surface area contributed by atoms with E-state index in [1.165, 1.54) is 4.90 Å². The van der Waals surface area contributed by atoms with Crippen LogP contribution in [0.25, 0.3) is 0 Å². The monoisotopic (exact) mass is 262 g/mol. The van der Waals surface area contributed by atoms with Crippen LogP contribution in [0.15, 0.2) is 18.2 Å². The van der Waals surface area contributed by atoms with Crippen LogP contribution in [0.1, 0.15) is 12.5 Å². The summed E-state index contributed by atoms with van der Waals surface area (Å²) in [6.45, 7) is 1.57. The largest absolute Gasteiger partial charge is 0.369 e. The van der Waals surface area contributed by atoms with Gasteiger partial charge in [-0.1, -0.05) is 11.6 Å². The number of hydrogen-bond acceptors (Lipinski definition) is 2. The molecule has 1 rings (SSSR count). The smallest absolute Gasteiger partial charge is 0.255 e. The molecule has 0 radical (unpaired) electrons. The average molecular weight is 263 g/mol. The molecule has 0 aliphatic rings. The van der Waals surface area contributed by atoms with E-state index in [0.717, 1.165) is 11.3 Å². The third-order valence-corrected chi connectivity index (χ3v) is 2.64. The zero-order valence-electron chi connectivity index (χ0n) is 9.96. The SMILES string of the molecule is CC(N)Cc1cc(Cl)ccc1N(C)CC(F)F. The molecule has 0 aromatic heterocycles. The second-order valence-corrected chi connectivity index (χ2v) is 4.66. The highest BCUT2D eigenvalue weighted by atomic mass is 35.5. The van der Waals surface area contributed by atoms with Gasteiger partial charge in [0.2, 0.25) is 0 Å². The summed E-state index contributed by atoms with van der Waals surface area (Å²) in [6.07, 6.45) is -1.75. The highest BCUT2D eigenvalue weighted by molar-refractivity contribution is 6.30. The second kappa shape index (κ2) is 6.17. The summed E-state index contributed by atoms with van der Waals surface area (Å²) in [5, 5.41) is 0.592. The minimum atomic E-state index is -2.36. The fraction of sp³-hybridized carbons (Fsp3) is 0.500. The van der Waals surface area contributed by atoms with Gasteiger partial charge in [0, 0.05) is 23.8 Å². The molecule has 0 amide bonds. The lowest BCUT2D eigenvalue weighted by molar-refractivity contribution is 0.156. The maximum absolute atomic E-state index is 12.4. The van der Waals surface area contributed by atoms with Gasteiger partial charge in [0.25, 0.3) is 6.43 Å². The molecule has 96 valence electrons. The molecule has 0 saturated heterocycles. The van der Waals surface area contributed by atoms with Gasteiger partial charge in [-0.15, -0.1) is 0 Å². The molecule has 1 unspecified atom stereocenters. The quantitative estimate of drug-likeness (QED) is 0.884. The summed E-state index contributed by atoms with van der Waals surface area (Å²) < 4.78 is 24.7. The van der Waals surface area contributed by atoms with Crippen molar-refractivity contribution in [3.63, 3.8) is 0 Å². The summed E-state index contributed by atoms with van der Waals surface area (Å²) >= 11 is 5.90. The van der Waals surface area contributed by atoms with Gasteiger partial charge < -0.3 is 10.6 Å². The maximum atomic E-state index is 12.4. The van der Waals surface area contributed by atoms with Gasteiger partial charge in [0.15, 0.2) is 0 Å². The van der Waals surface area contributed by atoms with Crippen molar-refractivity contribution < 1.29 is 8.78 Å². The van der Waals surface area contributed by atoms with Gasteiger partial charge in [0.05, 0.1) is 6.54 Å². The van der Waals surface area contributed by atoms with Crippen LogP contribution in [0.4, 0.5) is 14.5 Å². The van der Waals surface area contributed by atoms with Crippen LogP contribution in [0.5, 0.6) is 0 Å². The number of hydrogen-bond donors (Lipinski definition) is 1. The fourth-order valence-electron chi connectivity index (χ4n) is 1.74. The first-order chi connectivity index (χ1) is 7.90. The van der Waals surface area contributed by atoms with Gasteiger partial charge in [-0.2, -0.15) is 0 Å². The molecule has 0 aliphatic heterocycles. The number of rotatable bonds is 5. The van der Waals surface area contributed by atoms with Gasteiger partial charge in [-0.3, -0.25) is 0 Å². The minimum absolute atomic E-state index is 0.0350. The molecule has 0 spiro atoms. The predicted molar refractivity (Wildman–Crippen MR) is 68.1 cm³/mol. The molecule has 2 N–H and O–H groups in total. The molecule has 1 aromatic carbocycles. The van der Waals surface area contributed by atoms with Gasteiger partial charge in [0.1, 0.15) is 0 Å². The van der Waals surface area contributed by atoms with Crippen LogP contribution in [0, 0.1) is 0 Å². The Morgan fingerprint density at radius 2 is 2.06 bits per heavy atom. The molecule has 17 heavy (non-hydrogen) atoms. The Morgan fingerprint density at radius 3 is 2.59 bits per heavy atom. The fourth-order valence-corrected chi connectivity index (χ4v) is 1.94. The highest BCUT2D eigenvalue weighted by Crippen LogP contribution is 2.25. The van der Waals surface area contributed by atoms with E-state index < -0.39 is 6.43 Å². The molecule has 2 nitrogen and oxygen atoms in total. The summed E-state index contributed by atoms with van der Waals surface area (Å²) in [5.41, 5.74) is 7.39. The molecule has 0 bridgehead atoms. The lowest BCUT2D eigenvalue weighted by Gasteiger charge is -2.23. The molecule has 0 saturated carbocycles. The van der Waals surface area contributed by atoms with Crippen molar-refractivity contribution in [2.45, 2.75) is 25.8 Å². The van der Waals surface area contributed by atoms with Crippen LogP contribution in [-0.4, -0.2) is 26.1 Å². The van der Waals surface area contributed by atoms with E-state index in [2.05, 4.69) is 0 Å². The van der Waals surface area contributed by atoms with Crippen LogP contribution in [0.3, 0.4) is 0 Å². The Bertz CT molecular complexity index is 370. The van der Waals surface area contributed by atoms with Crippen LogP contribution < -0.4 is 10.6 Å². The first kappa shape index (κ1) is 14.2. The molecule has 5 heteroatoms. The molecule has 0 heterocycles. The molecule has 1 aromatic rings. The normalized spacial score (nSPS) is 12.9. The zero-order chi connectivity index (χ0) is 13.0. The number of benzene rings is 1. The second-order valence-electron chi connectivity index (χ2n) is 4.23. The number of nitrogens with zero attached hydrogens (tertiary/aromatic N) is 1. The van der Waals surface area contributed by atoms with Crippen molar-refractivity contribution in [3.8, 4) is 0 Å². The summed E-state index contributed by atoms with van der Waals surface area (Å²) in [6, 6.07) is 5.20. The molecule has 1 atom stereocenters. The van der Waals surface area contributed by atoms with Crippen molar-refractivity contribution in [3.05, 3.63) is 28.8 Å². The topological polar surface area (TPSA) is 29.3 Å². The third-order valence-electron chi connectivity index (χ3n) is 2.41. The number of halogens is 3. The van der Waals surface area contributed by atoms with E-state index in [0.29, 0.717) is 11.4 Å². The first-order valence-electron chi connectivity index (χ1n) is 5.43. The Hall–Kier alpha value is -0.870. The molecule has 0 aliphatic carbocycles. The zero-order valence-corrected chi connectivity index (χ0v) is 10.7. The average Bonchev–Trinajstić information content (AvgIpc) is 2.15. The van der Waals surface area contributed by atoms with Gasteiger partial charge in [-0.05, 0) is 37.1 Å². The maximum Gasteiger partial charge on any atom is 0.255 e. The van der Waals surface area contributed by atoms with E-state index in [-0.39, 0.29) is 12.6 Å². The summed E-state index contributed by atoms with van der Waals surface area (Å²) in [7, 11) is 1.64. The van der Waals surface area contributed by atoms with Crippen molar-refractivity contribution >= 4 is 17.3 Å². The van der Waals surface area contributed by atoms with E-state index in [1.54, 1.807) is 25.2 Å². The minimum Gasteiger partial charge on any atom is -0.369 e. The lowest BCUT2D eigenvalue weighted by atomic mass is 10.0. The number of alkyl halides is 2. The van der Waals surface area contributed by atoms with E-state index in [4.69, 9.17) is 17.3 Å². The Morgan fingerprint density at radius 1 is 1.41 bits per heavy atom. The number of nitrogens with two attached hydrogens (primary N) is 1. The molecular formula is C12H17ClF2N2. The highest BCUT2D eigenvalue weighted by Gasteiger charge is 2.13. The standard InChI is InChI=1S/C12H17ClF2N2/c1-8(16)5-9-6-10(13)3-4-11(9)17(2)7-12(14)15/h3-4,6,8,12H,5,7,16H2,1-2H3. The Kier molecular flexibility index (Phi) is 5.15. The van der Waals surface area contributed by atoms with Crippen LogP contribution >= 0.6 is 11.6 Å². The lowest BCUT2D eigenvalue weighted by Crippen LogP contribution is -2.26. The third kappa shape index (κ3) is 4.48. The molecular weight excluding hydrogens is 246 g/mol. The Labute approximate surface area is 105 Å². The van der Waals surface area contributed by atoms with Crippen molar-refractivity contribution in [1.29, 1.82) is 0 Å².